The number of anilines is 2. The summed E-state index contributed by atoms with van der Waals surface area (Å²) in [7, 11) is 0. The summed E-state index contributed by atoms with van der Waals surface area (Å²) >= 11 is 0. The molecular formula is C23H22N2O2. The van der Waals surface area contributed by atoms with E-state index in [-0.39, 0.29) is 11.8 Å². The molecule has 3 aromatic carbocycles. The third kappa shape index (κ3) is 4.42. The lowest BCUT2D eigenvalue weighted by atomic mass is 10.1. The molecular weight excluding hydrogens is 336 g/mol. The first kappa shape index (κ1) is 18.4. The number of benzene rings is 3. The SMILES string of the molecule is Cc1ccc(C)c(NC(=O)c2cccc(C(=O)Nc3ccccc3C)c2)c1. The van der Waals surface area contributed by atoms with Crippen LogP contribution in [0.15, 0.2) is 66.7 Å². The van der Waals surface area contributed by atoms with Gasteiger partial charge in [0.15, 0.2) is 0 Å². The topological polar surface area (TPSA) is 58.2 Å². The van der Waals surface area contributed by atoms with Gasteiger partial charge in [-0.25, -0.2) is 0 Å². The summed E-state index contributed by atoms with van der Waals surface area (Å²) in [5, 5.41) is 5.81. The fourth-order valence-electron chi connectivity index (χ4n) is 2.77. The average Bonchev–Trinajstić information content (AvgIpc) is 2.66. The Morgan fingerprint density at radius 1 is 0.630 bits per heavy atom. The van der Waals surface area contributed by atoms with Crippen molar-refractivity contribution in [1.29, 1.82) is 0 Å². The third-order valence-corrected chi connectivity index (χ3v) is 4.42. The molecule has 0 unspecified atom stereocenters. The monoisotopic (exact) mass is 358 g/mol. The average molecular weight is 358 g/mol. The Morgan fingerprint density at radius 2 is 1.22 bits per heavy atom. The van der Waals surface area contributed by atoms with Crippen LogP contribution in [0.5, 0.6) is 0 Å². The second kappa shape index (κ2) is 7.87. The van der Waals surface area contributed by atoms with Crippen molar-refractivity contribution in [3.8, 4) is 0 Å². The van der Waals surface area contributed by atoms with E-state index in [2.05, 4.69) is 10.6 Å². The molecule has 3 rings (SSSR count). The molecule has 4 heteroatoms. The van der Waals surface area contributed by atoms with Crippen LogP contribution in [0, 0.1) is 20.8 Å². The zero-order valence-corrected chi connectivity index (χ0v) is 15.7. The van der Waals surface area contributed by atoms with Gasteiger partial charge in [-0.3, -0.25) is 9.59 Å². The molecule has 0 saturated carbocycles. The van der Waals surface area contributed by atoms with Crippen LogP contribution in [-0.2, 0) is 0 Å². The number of amides is 2. The molecule has 0 fully saturated rings. The van der Waals surface area contributed by atoms with Gasteiger partial charge in [0.25, 0.3) is 11.8 Å². The van der Waals surface area contributed by atoms with Gasteiger partial charge in [0.1, 0.15) is 0 Å². The minimum atomic E-state index is -0.245. The highest BCUT2D eigenvalue weighted by atomic mass is 16.2. The maximum atomic E-state index is 12.6. The van der Waals surface area contributed by atoms with Crippen molar-refractivity contribution in [1.82, 2.24) is 0 Å². The minimum Gasteiger partial charge on any atom is -0.322 e. The first-order chi connectivity index (χ1) is 12.9. The Morgan fingerprint density at radius 3 is 1.89 bits per heavy atom. The number of carbonyl (C=O) groups excluding carboxylic acids is 2. The van der Waals surface area contributed by atoms with Crippen LogP contribution < -0.4 is 10.6 Å². The molecule has 0 aromatic heterocycles. The molecule has 0 radical (unpaired) electrons. The number of nitrogens with one attached hydrogen (secondary N) is 2. The largest absolute Gasteiger partial charge is 0.322 e. The van der Waals surface area contributed by atoms with Gasteiger partial charge in [-0.05, 0) is 67.8 Å². The zero-order valence-electron chi connectivity index (χ0n) is 15.7. The lowest BCUT2D eigenvalue weighted by molar-refractivity contribution is 0.102. The van der Waals surface area contributed by atoms with Gasteiger partial charge in [0.2, 0.25) is 0 Å². The molecule has 0 aliphatic rings. The molecule has 0 heterocycles. The fraction of sp³-hybridized carbons (Fsp3) is 0.130. The highest BCUT2D eigenvalue weighted by molar-refractivity contribution is 6.09. The molecule has 27 heavy (non-hydrogen) atoms. The highest BCUT2D eigenvalue weighted by Gasteiger charge is 2.12. The van der Waals surface area contributed by atoms with Crippen LogP contribution in [0.2, 0.25) is 0 Å². The number of para-hydroxylation sites is 1. The van der Waals surface area contributed by atoms with E-state index in [1.165, 1.54) is 0 Å². The fourth-order valence-corrected chi connectivity index (χ4v) is 2.77. The normalized spacial score (nSPS) is 10.3. The summed E-state index contributed by atoms with van der Waals surface area (Å²) in [6.07, 6.45) is 0. The molecule has 2 amide bonds. The molecule has 0 aliphatic carbocycles. The quantitative estimate of drug-likeness (QED) is 0.680. The van der Waals surface area contributed by atoms with E-state index in [0.717, 1.165) is 28.1 Å². The summed E-state index contributed by atoms with van der Waals surface area (Å²) in [5.41, 5.74) is 5.45. The zero-order chi connectivity index (χ0) is 19.4. The number of hydrogen-bond acceptors (Lipinski definition) is 2. The van der Waals surface area contributed by atoms with Gasteiger partial charge in [-0.15, -0.1) is 0 Å². The second-order valence-corrected chi connectivity index (χ2v) is 6.62. The smallest absolute Gasteiger partial charge is 0.255 e. The predicted molar refractivity (Wildman–Crippen MR) is 109 cm³/mol. The van der Waals surface area contributed by atoms with E-state index in [9.17, 15) is 9.59 Å². The number of rotatable bonds is 4. The Bertz CT molecular complexity index is 1010. The van der Waals surface area contributed by atoms with Gasteiger partial charge in [0.05, 0.1) is 0 Å². The van der Waals surface area contributed by atoms with Crippen molar-refractivity contribution in [2.75, 3.05) is 10.6 Å². The Hall–Kier alpha value is -3.40. The molecule has 0 aliphatic heterocycles. The molecule has 3 aromatic rings. The van der Waals surface area contributed by atoms with E-state index in [1.807, 2.05) is 63.2 Å². The van der Waals surface area contributed by atoms with E-state index >= 15 is 0 Å². The third-order valence-electron chi connectivity index (χ3n) is 4.42. The Balaban J connectivity index is 1.78. The molecule has 0 bridgehead atoms. The number of aryl methyl sites for hydroxylation is 3. The molecule has 2 N–H and O–H groups in total. The van der Waals surface area contributed by atoms with Crippen LogP contribution in [0.4, 0.5) is 11.4 Å². The van der Waals surface area contributed by atoms with Gasteiger partial charge in [-0.2, -0.15) is 0 Å². The van der Waals surface area contributed by atoms with E-state index in [4.69, 9.17) is 0 Å². The van der Waals surface area contributed by atoms with E-state index in [1.54, 1.807) is 24.3 Å². The molecule has 0 spiro atoms. The first-order valence-corrected chi connectivity index (χ1v) is 8.79. The van der Waals surface area contributed by atoms with E-state index in [0.29, 0.717) is 11.1 Å². The van der Waals surface area contributed by atoms with Gasteiger partial charge >= 0.3 is 0 Å². The van der Waals surface area contributed by atoms with Crippen LogP contribution in [-0.4, -0.2) is 11.8 Å². The maximum Gasteiger partial charge on any atom is 0.255 e. The Kier molecular flexibility index (Phi) is 5.36. The van der Waals surface area contributed by atoms with Crippen molar-refractivity contribution in [3.05, 3.63) is 94.5 Å². The molecule has 136 valence electrons. The van der Waals surface area contributed by atoms with Crippen LogP contribution in [0.3, 0.4) is 0 Å². The molecule has 4 nitrogen and oxygen atoms in total. The maximum absolute atomic E-state index is 12.6. The van der Waals surface area contributed by atoms with Gasteiger partial charge in [0, 0.05) is 22.5 Å². The summed E-state index contributed by atoms with van der Waals surface area (Å²) in [5.74, 6) is -0.486. The lowest BCUT2D eigenvalue weighted by Crippen LogP contribution is -2.16. The van der Waals surface area contributed by atoms with Crippen LogP contribution in [0.25, 0.3) is 0 Å². The Labute approximate surface area is 159 Å². The van der Waals surface area contributed by atoms with Crippen molar-refractivity contribution >= 4 is 23.2 Å². The van der Waals surface area contributed by atoms with Crippen LogP contribution in [0.1, 0.15) is 37.4 Å². The summed E-state index contributed by atoms with van der Waals surface area (Å²) in [4.78, 5) is 25.2. The second-order valence-electron chi connectivity index (χ2n) is 6.62. The summed E-state index contributed by atoms with van der Waals surface area (Å²) < 4.78 is 0. The summed E-state index contributed by atoms with van der Waals surface area (Å²) in [6, 6.07) is 20.2. The van der Waals surface area contributed by atoms with Gasteiger partial charge in [-0.1, -0.05) is 36.4 Å². The standard InChI is InChI=1S/C23H22N2O2/c1-15-11-12-17(3)21(13-15)25-23(27)19-9-6-8-18(14-19)22(26)24-20-10-5-4-7-16(20)2/h4-14H,1-3H3,(H,24,26)(H,25,27). The predicted octanol–water partition coefficient (Wildman–Crippen LogP) is 5.12. The van der Waals surface area contributed by atoms with Gasteiger partial charge < -0.3 is 10.6 Å². The lowest BCUT2D eigenvalue weighted by Gasteiger charge is -2.11. The first-order valence-electron chi connectivity index (χ1n) is 8.79. The highest BCUT2D eigenvalue weighted by Crippen LogP contribution is 2.19. The number of carbonyl (C=O) groups is 2. The van der Waals surface area contributed by atoms with Crippen molar-refractivity contribution < 1.29 is 9.59 Å². The van der Waals surface area contributed by atoms with Crippen molar-refractivity contribution in [3.63, 3.8) is 0 Å². The number of hydrogen-bond donors (Lipinski definition) is 2. The van der Waals surface area contributed by atoms with Crippen molar-refractivity contribution in [2.24, 2.45) is 0 Å². The molecule has 0 atom stereocenters. The van der Waals surface area contributed by atoms with E-state index < -0.39 is 0 Å². The molecule has 0 saturated heterocycles. The summed E-state index contributed by atoms with van der Waals surface area (Å²) in [6.45, 7) is 5.86. The van der Waals surface area contributed by atoms with Crippen LogP contribution >= 0.6 is 0 Å². The minimum absolute atomic E-state index is 0.241. The van der Waals surface area contributed by atoms with Crippen molar-refractivity contribution in [2.45, 2.75) is 20.8 Å².